The van der Waals surface area contributed by atoms with Crippen LogP contribution in [0.4, 0.5) is 5.69 Å². The Morgan fingerprint density at radius 2 is 2.11 bits per heavy atom. The van der Waals surface area contributed by atoms with Crippen molar-refractivity contribution in [2.24, 2.45) is 5.14 Å². The highest BCUT2D eigenvalue weighted by atomic mass is 32.2. The second kappa shape index (κ2) is 5.95. The van der Waals surface area contributed by atoms with E-state index >= 15 is 0 Å². The maximum atomic E-state index is 11.4. The van der Waals surface area contributed by atoms with E-state index < -0.39 is 19.8 Å². The van der Waals surface area contributed by atoms with Crippen LogP contribution in [0, 0.1) is 10.1 Å². The van der Waals surface area contributed by atoms with Crippen LogP contribution < -0.4 is 9.88 Å². The van der Waals surface area contributed by atoms with Crippen molar-refractivity contribution in [3.8, 4) is 5.75 Å². The zero-order valence-electron chi connectivity index (χ0n) is 10.4. The lowest BCUT2D eigenvalue weighted by Crippen LogP contribution is -2.19. The third-order valence-corrected chi connectivity index (χ3v) is 3.25. The first-order valence-electron chi connectivity index (χ1n) is 5.22. The Morgan fingerprint density at radius 3 is 2.58 bits per heavy atom. The smallest absolute Gasteiger partial charge is 0.271 e. The van der Waals surface area contributed by atoms with E-state index in [1.165, 1.54) is 13.2 Å². The van der Waals surface area contributed by atoms with Crippen LogP contribution >= 0.6 is 0 Å². The minimum atomic E-state index is -4.11. The Morgan fingerprint density at radius 1 is 1.47 bits per heavy atom. The van der Waals surface area contributed by atoms with E-state index in [0.717, 1.165) is 12.1 Å². The second-order valence-corrected chi connectivity index (χ2v) is 5.32. The van der Waals surface area contributed by atoms with Crippen molar-refractivity contribution in [1.82, 2.24) is 0 Å². The van der Waals surface area contributed by atoms with Crippen molar-refractivity contribution in [2.75, 3.05) is 13.7 Å². The summed E-state index contributed by atoms with van der Waals surface area (Å²) in [5, 5.41) is 15.6. The molecule has 1 rings (SSSR count). The summed E-state index contributed by atoms with van der Waals surface area (Å²) in [7, 11) is -2.64. The zero-order valence-corrected chi connectivity index (χ0v) is 11.2. The summed E-state index contributed by atoms with van der Waals surface area (Å²) in [4.78, 5) is 9.47. The monoisotopic (exact) mass is 290 g/mol. The molecule has 0 aliphatic heterocycles. The van der Waals surface area contributed by atoms with Gasteiger partial charge in [-0.2, -0.15) is 0 Å². The van der Waals surface area contributed by atoms with E-state index in [0.29, 0.717) is 0 Å². The van der Waals surface area contributed by atoms with E-state index in [4.69, 9.17) is 14.6 Å². The molecule has 0 fully saturated rings. The van der Waals surface area contributed by atoms with Crippen LogP contribution in [0.2, 0.25) is 0 Å². The largest absolute Gasteiger partial charge is 0.489 e. The molecule has 8 nitrogen and oxygen atoms in total. The average molecular weight is 290 g/mol. The number of hydrogen-bond acceptors (Lipinski definition) is 6. The average Bonchev–Trinajstić information content (AvgIpc) is 2.34. The summed E-state index contributed by atoms with van der Waals surface area (Å²) in [5.74, 6) is -0.0444. The van der Waals surface area contributed by atoms with Crippen LogP contribution in [0.5, 0.6) is 5.75 Å². The highest BCUT2D eigenvalue weighted by molar-refractivity contribution is 7.89. The Balaban J connectivity index is 3.14. The molecule has 2 N–H and O–H groups in total. The lowest BCUT2D eigenvalue weighted by molar-refractivity contribution is -0.385. The van der Waals surface area contributed by atoms with Gasteiger partial charge in [0, 0.05) is 19.2 Å². The van der Waals surface area contributed by atoms with Gasteiger partial charge in [-0.15, -0.1) is 0 Å². The number of hydrogen-bond donors (Lipinski definition) is 1. The molecular formula is C10H14N2O6S. The van der Waals surface area contributed by atoms with Crippen LogP contribution in [0.25, 0.3) is 0 Å². The fraction of sp³-hybridized carbons (Fsp3) is 0.400. The summed E-state index contributed by atoms with van der Waals surface area (Å²) in [5.41, 5.74) is -0.379. The third kappa shape index (κ3) is 4.16. The van der Waals surface area contributed by atoms with Gasteiger partial charge >= 0.3 is 0 Å². The Hall–Kier alpha value is -1.71. The highest BCUT2D eigenvalue weighted by Crippen LogP contribution is 2.27. The van der Waals surface area contributed by atoms with Gasteiger partial charge in [-0.05, 0) is 13.0 Å². The number of nitro benzene ring substituents is 1. The molecule has 0 saturated heterocycles. The van der Waals surface area contributed by atoms with E-state index in [-0.39, 0.29) is 24.1 Å². The number of methoxy groups -OCH3 is 1. The molecule has 1 atom stereocenters. The Labute approximate surface area is 110 Å². The maximum Gasteiger partial charge on any atom is 0.271 e. The lowest BCUT2D eigenvalue weighted by Gasteiger charge is -2.13. The molecule has 1 unspecified atom stereocenters. The van der Waals surface area contributed by atoms with Gasteiger partial charge in [0.2, 0.25) is 10.0 Å². The van der Waals surface area contributed by atoms with Crippen LogP contribution in [-0.2, 0) is 14.8 Å². The van der Waals surface area contributed by atoms with Gasteiger partial charge in [0.05, 0.1) is 11.0 Å². The molecule has 0 aliphatic carbocycles. The van der Waals surface area contributed by atoms with Gasteiger partial charge < -0.3 is 9.47 Å². The van der Waals surface area contributed by atoms with E-state index in [2.05, 4.69) is 0 Å². The SMILES string of the molecule is COC(C)COc1ccc([N+](=O)[O-])cc1S(N)(=O)=O. The number of nitrogens with zero attached hydrogens (tertiary/aromatic N) is 1. The zero-order chi connectivity index (χ0) is 14.6. The molecule has 0 aliphatic rings. The van der Waals surface area contributed by atoms with Gasteiger partial charge in [-0.25, -0.2) is 13.6 Å². The fourth-order valence-electron chi connectivity index (χ4n) is 1.23. The molecule has 0 saturated carbocycles. The van der Waals surface area contributed by atoms with E-state index in [1.54, 1.807) is 6.92 Å². The molecule has 1 aromatic rings. The number of rotatable bonds is 6. The standard InChI is InChI=1S/C10H14N2O6S/c1-7(17-2)6-18-9-4-3-8(12(13)14)5-10(9)19(11,15)16/h3-5,7H,6H2,1-2H3,(H2,11,15,16). The molecule has 0 aromatic heterocycles. The number of ether oxygens (including phenoxy) is 2. The van der Waals surface area contributed by atoms with Crippen molar-refractivity contribution in [2.45, 2.75) is 17.9 Å². The summed E-state index contributed by atoms with van der Waals surface area (Å²) in [6, 6.07) is 3.20. The van der Waals surface area contributed by atoms with Crippen molar-refractivity contribution in [3.63, 3.8) is 0 Å². The third-order valence-electron chi connectivity index (χ3n) is 2.32. The first-order valence-corrected chi connectivity index (χ1v) is 6.77. The molecule has 19 heavy (non-hydrogen) atoms. The first-order chi connectivity index (χ1) is 8.75. The quantitative estimate of drug-likeness (QED) is 0.606. The number of nitrogens with two attached hydrogens (primary N) is 1. The van der Waals surface area contributed by atoms with Gasteiger partial charge in [-0.1, -0.05) is 0 Å². The first kappa shape index (κ1) is 15.3. The van der Waals surface area contributed by atoms with Gasteiger partial charge in [0.1, 0.15) is 17.3 Å². The number of non-ortho nitro benzene ring substituents is 1. The number of benzene rings is 1. The molecule has 106 valence electrons. The Kier molecular flexibility index (Phi) is 4.81. The van der Waals surface area contributed by atoms with Crippen LogP contribution in [0.15, 0.2) is 23.1 Å². The number of sulfonamides is 1. The van der Waals surface area contributed by atoms with Crippen LogP contribution in [0.3, 0.4) is 0 Å². The molecule has 9 heteroatoms. The highest BCUT2D eigenvalue weighted by Gasteiger charge is 2.20. The number of primary sulfonamides is 1. The predicted molar refractivity (Wildman–Crippen MR) is 66.4 cm³/mol. The van der Waals surface area contributed by atoms with Crippen molar-refractivity contribution in [3.05, 3.63) is 28.3 Å². The molecular weight excluding hydrogens is 276 g/mol. The maximum absolute atomic E-state index is 11.4. The van der Waals surface area contributed by atoms with Crippen LogP contribution in [0.1, 0.15) is 6.92 Å². The second-order valence-electron chi connectivity index (χ2n) is 3.79. The molecule has 0 radical (unpaired) electrons. The number of nitro groups is 1. The molecule has 0 amide bonds. The van der Waals surface area contributed by atoms with Crippen molar-refractivity contribution < 1.29 is 22.8 Å². The summed E-state index contributed by atoms with van der Waals surface area (Å²) in [6.07, 6.45) is -0.261. The van der Waals surface area contributed by atoms with E-state index in [1.807, 2.05) is 0 Å². The van der Waals surface area contributed by atoms with Gasteiger partial charge in [0.25, 0.3) is 5.69 Å². The predicted octanol–water partition coefficient (Wildman–Crippen LogP) is 0.656. The fourth-order valence-corrected chi connectivity index (χ4v) is 1.92. The minimum absolute atomic E-state index is 0.0444. The molecule has 0 bridgehead atoms. The molecule has 0 heterocycles. The summed E-state index contributed by atoms with van der Waals surface area (Å²) >= 11 is 0. The van der Waals surface area contributed by atoms with Gasteiger partial charge in [0.15, 0.2) is 0 Å². The topological polar surface area (TPSA) is 122 Å². The summed E-state index contributed by atoms with van der Waals surface area (Å²) in [6.45, 7) is 1.82. The Bertz CT molecular complexity index is 571. The van der Waals surface area contributed by atoms with Crippen molar-refractivity contribution >= 4 is 15.7 Å². The molecule has 1 aromatic carbocycles. The molecule has 0 spiro atoms. The normalized spacial score (nSPS) is 13.0. The van der Waals surface area contributed by atoms with Crippen LogP contribution in [-0.4, -0.2) is 33.2 Å². The van der Waals surface area contributed by atoms with E-state index in [9.17, 15) is 18.5 Å². The van der Waals surface area contributed by atoms with Crippen molar-refractivity contribution in [1.29, 1.82) is 0 Å². The van der Waals surface area contributed by atoms with Gasteiger partial charge in [-0.3, -0.25) is 10.1 Å². The lowest BCUT2D eigenvalue weighted by atomic mass is 10.3. The summed E-state index contributed by atoms with van der Waals surface area (Å²) < 4.78 is 33.0. The minimum Gasteiger partial charge on any atom is -0.489 e.